The highest BCUT2D eigenvalue weighted by Gasteiger charge is 2.63. The number of amides is 3. The molecule has 2 fully saturated rings. The van der Waals surface area contributed by atoms with Gasteiger partial charge < -0.3 is 34.1 Å². The van der Waals surface area contributed by atoms with Crippen LogP contribution in [-0.2, 0) is 38.1 Å². The number of urea groups is 1. The Morgan fingerprint density at radius 2 is 1.77 bits per heavy atom. The molecule has 0 aromatic rings. The summed E-state index contributed by atoms with van der Waals surface area (Å²) in [4.78, 5) is 48.4. The third-order valence-corrected chi connectivity index (χ3v) is 5.23. The first-order valence-corrected chi connectivity index (χ1v) is 9.51. The van der Waals surface area contributed by atoms with Crippen LogP contribution in [-0.4, -0.2) is 80.5 Å². The lowest BCUT2D eigenvalue weighted by Gasteiger charge is -2.34. The zero-order chi connectivity index (χ0) is 23.4. The molecule has 0 bridgehead atoms. The Bertz CT molecular complexity index is 752. The summed E-state index contributed by atoms with van der Waals surface area (Å²) in [5.74, 6) is -5.23. The van der Waals surface area contributed by atoms with Crippen molar-refractivity contribution >= 4 is 23.9 Å². The van der Waals surface area contributed by atoms with Crippen molar-refractivity contribution < 1.29 is 48.0 Å². The first-order chi connectivity index (χ1) is 14.5. The van der Waals surface area contributed by atoms with E-state index in [0.717, 1.165) is 19.4 Å². The van der Waals surface area contributed by atoms with Crippen LogP contribution in [0.25, 0.3) is 0 Å². The fraction of sp³-hybridized carbons (Fsp3) is 0.684. The van der Waals surface area contributed by atoms with Crippen molar-refractivity contribution in [2.45, 2.75) is 43.9 Å². The Kier molecular flexibility index (Phi) is 7.63. The predicted molar refractivity (Wildman–Crippen MR) is 102 cm³/mol. The van der Waals surface area contributed by atoms with Gasteiger partial charge in [-0.1, -0.05) is 0 Å². The van der Waals surface area contributed by atoms with Crippen molar-refractivity contribution in [3.8, 4) is 0 Å². The maximum atomic E-state index is 12.5. The summed E-state index contributed by atoms with van der Waals surface area (Å²) >= 11 is 0. The molecular weight excluding hydrogens is 416 g/mol. The number of methoxy groups -OCH3 is 3. The zero-order valence-electron chi connectivity index (χ0n) is 18.0. The van der Waals surface area contributed by atoms with Crippen LogP contribution < -0.4 is 10.6 Å². The summed E-state index contributed by atoms with van der Waals surface area (Å²) < 4.78 is 25.8. The van der Waals surface area contributed by atoms with Crippen molar-refractivity contribution in [2.75, 3.05) is 27.9 Å². The monoisotopic (exact) mass is 444 g/mol. The number of fused-ring (bicyclic) bond motifs is 1. The van der Waals surface area contributed by atoms with Crippen LogP contribution in [0.5, 0.6) is 0 Å². The smallest absolute Gasteiger partial charge is 0.340 e. The van der Waals surface area contributed by atoms with Crippen molar-refractivity contribution in [1.82, 2.24) is 10.6 Å². The van der Waals surface area contributed by atoms with Gasteiger partial charge in [-0.2, -0.15) is 0 Å². The van der Waals surface area contributed by atoms with E-state index in [9.17, 15) is 24.3 Å². The lowest BCUT2D eigenvalue weighted by molar-refractivity contribution is -0.190. The van der Waals surface area contributed by atoms with Gasteiger partial charge in [-0.25, -0.2) is 9.59 Å². The van der Waals surface area contributed by atoms with Gasteiger partial charge in [0.25, 0.3) is 5.91 Å². The second kappa shape index (κ2) is 9.62. The normalized spacial score (nSPS) is 28.3. The molecule has 0 aromatic carbocycles. The van der Waals surface area contributed by atoms with Gasteiger partial charge in [-0.05, 0) is 20.3 Å². The minimum absolute atomic E-state index is 0.0114. The molecule has 1 heterocycles. The molecule has 1 aliphatic heterocycles. The van der Waals surface area contributed by atoms with Gasteiger partial charge in [0.15, 0.2) is 11.4 Å². The van der Waals surface area contributed by atoms with Crippen LogP contribution in [0.4, 0.5) is 4.79 Å². The molecule has 31 heavy (non-hydrogen) atoms. The number of hydrogen-bond donors (Lipinski definition) is 3. The van der Waals surface area contributed by atoms with Gasteiger partial charge in [0.05, 0.1) is 46.2 Å². The number of carbonyl (C=O) groups excluding carboxylic acids is 4. The van der Waals surface area contributed by atoms with Crippen LogP contribution in [0, 0.1) is 11.8 Å². The van der Waals surface area contributed by atoms with Crippen molar-refractivity contribution in [1.29, 1.82) is 0 Å². The van der Waals surface area contributed by atoms with E-state index < -0.39 is 65.9 Å². The molecule has 2 rings (SSSR count). The third-order valence-electron chi connectivity index (χ3n) is 5.23. The van der Waals surface area contributed by atoms with E-state index in [1.807, 2.05) is 5.32 Å². The first kappa shape index (κ1) is 24.6. The fourth-order valence-corrected chi connectivity index (χ4v) is 3.90. The van der Waals surface area contributed by atoms with Gasteiger partial charge in [0, 0.05) is 12.0 Å². The number of rotatable bonds is 7. The topological polar surface area (TPSA) is 159 Å². The van der Waals surface area contributed by atoms with Gasteiger partial charge in [0.1, 0.15) is 6.10 Å². The van der Waals surface area contributed by atoms with Crippen molar-refractivity contribution in [3.63, 3.8) is 0 Å². The molecule has 2 aliphatic rings. The quantitative estimate of drug-likeness (QED) is 0.258. The maximum absolute atomic E-state index is 12.5. The van der Waals surface area contributed by atoms with Gasteiger partial charge in [-0.15, -0.1) is 0 Å². The number of ether oxygens (including phenoxy) is 5. The molecule has 5 atom stereocenters. The Labute approximate surface area is 179 Å². The second-order valence-electron chi connectivity index (χ2n) is 7.66. The average molecular weight is 444 g/mol. The van der Waals surface area contributed by atoms with E-state index in [1.54, 1.807) is 13.8 Å². The molecule has 12 heteroatoms. The molecule has 174 valence electrons. The number of imide groups is 1. The van der Waals surface area contributed by atoms with Crippen molar-refractivity contribution in [2.24, 2.45) is 11.8 Å². The SMILES string of the molecule is CO/C=C/C(=O)NC(=O)NC[C@](O)(C(=O)OC)[C@H]1C[C@@H](C(=O)OC)[C@@H]2OC(C)(C)O[C@@H]21. The highest BCUT2D eigenvalue weighted by molar-refractivity contribution is 6.00. The minimum Gasteiger partial charge on any atom is -0.504 e. The number of esters is 2. The van der Waals surface area contributed by atoms with E-state index in [1.165, 1.54) is 14.2 Å². The molecule has 0 aromatic heterocycles. The zero-order valence-corrected chi connectivity index (χ0v) is 18.0. The standard InChI is InChI=1S/C19H28N2O10/c1-18(2)30-13-10(15(23)28-4)8-11(14(13)31-18)19(26,16(24)29-5)9-20-17(25)21-12(22)6-7-27-3/h6-7,10-11,13-14,26H,8-9H2,1-5H3,(H2,20,21,22,25)/b7-6+/t10-,11+,13+,14-,19-/m1/s1. The summed E-state index contributed by atoms with van der Waals surface area (Å²) in [7, 11) is 3.62. The number of hydrogen-bond acceptors (Lipinski definition) is 10. The average Bonchev–Trinajstić information content (AvgIpc) is 3.22. The maximum Gasteiger partial charge on any atom is 0.340 e. The Hall–Kier alpha value is -2.70. The largest absolute Gasteiger partial charge is 0.504 e. The molecule has 0 radical (unpaired) electrons. The molecule has 0 unspecified atom stereocenters. The van der Waals surface area contributed by atoms with E-state index in [-0.39, 0.29) is 6.42 Å². The molecule has 1 aliphatic carbocycles. The molecule has 3 amide bonds. The second-order valence-corrected chi connectivity index (χ2v) is 7.66. The molecule has 1 saturated carbocycles. The highest BCUT2D eigenvalue weighted by Crippen LogP contribution is 2.49. The summed E-state index contributed by atoms with van der Waals surface area (Å²) in [5, 5.41) is 15.5. The molecule has 3 N–H and O–H groups in total. The van der Waals surface area contributed by atoms with E-state index in [2.05, 4.69) is 10.1 Å². The number of carbonyl (C=O) groups is 4. The first-order valence-electron chi connectivity index (χ1n) is 9.51. The number of nitrogens with one attached hydrogen (secondary N) is 2. The molecule has 12 nitrogen and oxygen atoms in total. The van der Waals surface area contributed by atoms with Crippen LogP contribution in [0.1, 0.15) is 20.3 Å². The third kappa shape index (κ3) is 5.32. The Morgan fingerprint density at radius 3 is 2.35 bits per heavy atom. The molecular formula is C19H28N2O10. The van der Waals surface area contributed by atoms with Crippen LogP contribution in [0.15, 0.2) is 12.3 Å². The van der Waals surface area contributed by atoms with Gasteiger partial charge in [-0.3, -0.25) is 14.9 Å². The summed E-state index contributed by atoms with van der Waals surface area (Å²) in [6.45, 7) is 2.66. The van der Waals surface area contributed by atoms with E-state index in [4.69, 9.17) is 18.9 Å². The number of aliphatic hydroxyl groups is 1. The highest BCUT2D eigenvalue weighted by atomic mass is 16.8. The lowest BCUT2D eigenvalue weighted by Crippen LogP contribution is -2.58. The van der Waals surface area contributed by atoms with Crippen LogP contribution in [0.2, 0.25) is 0 Å². The lowest BCUT2D eigenvalue weighted by atomic mass is 9.83. The summed E-state index contributed by atoms with van der Waals surface area (Å²) in [6, 6.07) is -0.962. The van der Waals surface area contributed by atoms with Gasteiger partial charge in [0.2, 0.25) is 0 Å². The Balaban J connectivity index is 2.23. The summed E-state index contributed by atoms with van der Waals surface area (Å²) in [6.07, 6.45) is 0.415. The fourth-order valence-electron chi connectivity index (χ4n) is 3.90. The van der Waals surface area contributed by atoms with Crippen LogP contribution in [0.3, 0.4) is 0 Å². The van der Waals surface area contributed by atoms with Crippen LogP contribution >= 0.6 is 0 Å². The van der Waals surface area contributed by atoms with E-state index in [0.29, 0.717) is 0 Å². The Morgan fingerprint density at radius 1 is 1.13 bits per heavy atom. The summed E-state index contributed by atoms with van der Waals surface area (Å²) in [5.41, 5.74) is -2.27. The predicted octanol–water partition coefficient (Wildman–Crippen LogP) is -0.794. The van der Waals surface area contributed by atoms with Gasteiger partial charge >= 0.3 is 18.0 Å². The molecule has 0 spiro atoms. The van der Waals surface area contributed by atoms with Crippen molar-refractivity contribution in [3.05, 3.63) is 12.3 Å². The van der Waals surface area contributed by atoms with E-state index >= 15 is 0 Å². The molecule has 1 saturated heterocycles. The minimum atomic E-state index is -2.27.